The molecule has 0 unspecified atom stereocenters. The van der Waals surface area contributed by atoms with E-state index in [9.17, 15) is 18.0 Å². The zero-order valence-corrected chi connectivity index (χ0v) is 22.6. The number of halogens is 1. The molecule has 0 spiro atoms. The Morgan fingerprint density at radius 2 is 1.83 bits per heavy atom. The number of hydrogen-bond acceptors (Lipinski definition) is 5. The summed E-state index contributed by atoms with van der Waals surface area (Å²) >= 11 is 6.20. The lowest BCUT2D eigenvalue weighted by Crippen LogP contribution is -2.52. The Labute approximate surface area is 213 Å². The highest BCUT2D eigenvalue weighted by atomic mass is 35.5. The van der Waals surface area contributed by atoms with Gasteiger partial charge in [-0.15, -0.1) is 0 Å². The van der Waals surface area contributed by atoms with Gasteiger partial charge < -0.3 is 15.0 Å². The van der Waals surface area contributed by atoms with Crippen LogP contribution in [0.2, 0.25) is 5.02 Å². The smallest absolute Gasteiger partial charge is 0.244 e. The minimum Gasteiger partial charge on any atom is -0.495 e. The van der Waals surface area contributed by atoms with Gasteiger partial charge in [0.25, 0.3) is 0 Å². The lowest BCUT2D eigenvalue weighted by Gasteiger charge is -2.32. The molecule has 2 rings (SSSR count). The van der Waals surface area contributed by atoms with Crippen molar-refractivity contribution in [1.29, 1.82) is 0 Å². The molecule has 0 bridgehead atoms. The van der Waals surface area contributed by atoms with Crippen LogP contribution in [0.5, 0.6) is 5.75 Å². The molecular formula is C25H34ClN3O5S. The van der Waals surface area contributed by atoms with Crippen molar-refractivity contribution in [3.8, 4) is 5.75 Å². The predicted molar refractivity (Wildman–Crippen MR) is 139 cm³/mol. The molecule has 2 amide bonds. The normalized spacial score (nSPS) is 13.0. The minimum absolute atomic E-state index is 0.0603. The molecule has 8 nitrogen and oxygen atoms in total. The summed E-state index contributed by atoms with van der Waals surface area (Å²) in [5, 5.41) is 3.11. The van der Waals surface area contributed by atoms with E-state index in [2.05, 4.69) is 5.32 Å². The van der Waals surface area contributed by atoms with Gasteiger partial charge in [-0.1, -0.05) is 48.4 Å². The third-order valence-corrected chi connectivity index (χ3v) is 7.14. The number of nitrogens with one attached hydrogen (secondary N) is 1. The SMILES string of the molecule is CC[C@H](C)NC(=O)[C@H](C)N(Cc1cccc(C)c1)C(=O)CN(c1ccc(OC)c(Cl)c1)S(C)(=O)=O. The summed E-state index contributed by atoms with van der Waals surface area (Å²) in [6.07, 6.45) is 1.76. The van der Waals surface area contributed by atoms with Crippen LogP contribution in [0.4, 0.5) is 5.69 Å². The molecule has 0 radical (unpaired) electrons. The van der Waals surface area contributed by atoms with E-state index >= 15 is 0 Å². The summed E-state index contributed by atoms with van der Waals surface area (Å²) in [5.41, 5.74) is 2.07. The van der Waals surface area contributed by atoms with Crippen LogP contribution in [0.15, 0.2) is 42.5 Å². The van der Waals surface area contributed by atoms with E-state index in [1.807, 2.05) is 45.0 Å². The van der Waals surface area contributed by atoms with Gasteiger partial charge in [0.15, 0.2) is 0 Å². The second-order valence-corrected chi connectivity index (χ2v) is 10.9. The number of carbonyl (C=O) groups is 2. The molecule has 0 aliphatic rings. The molecular weight excluding hydrogens is 490 g/mol. The summed E-state index contributed by atoms with van der Waals surface area (Å²) in [6, 6.07) is 11.2. The van der Waals surface area contributed by atoms with Gasteiger partial charge in [0.05, 0.1) is 24.1 Å². The molecule has 0 aromatic heterocycles. The summed E-state index contributed by atoms with van der Waals surface area (Å²) in [5.74, 6) is -0.443. The summed E-state index contributed by atoms with van der Waals surface area (Å²) in [4.78, 5) is 27.9. The van der Waals surface area contributed by atoms with Crippen molar-refractivity contribution < 1.29 is 22.7 Å². The molecule has 35 heavy (non-hydrogen) atoms. The van der Waals surface area contributed by atoms with Gasteiger partial charge in [-0.25, -0.2) is 8.42 Å². The molecule has 192 valence electrons. The molecule has 0 fully saturated rings. The maximum absolute atomic E-state index is 13.6. The average molecular weight is 524 g/mol. The van der Waals surface area contributed by atoms with Crippen molar-refractivity contribution >= 4 is 39.1 Å². The first-order valence-corrected chi connectivity index (χ1v) is 13.6. The van der Waals surface area contributed by atoms with Crippen molar-refractivity contribution in [1.82, 2.24) is 10.2 Å². The van der Waals surface area contributed by atoms with E-state index in [0.717, 1.165) is 28.1 Å². The highest BCUT2D eigenvalue weighted by molar-refractivity contribution is 7.92. The van der Waals surface area contributed by atoms with Crippen LogP contribution in [-0.4, -0.2) is 57.1 Å². The van der Waals surface area contributed by atoms with Crippen LogP contribution in [0.1, 0.15) is 38.3 Å². The van der Waals surface area contributed by atoms with Crippen LogP contribution in [0.25, 0.3) is 0 Å². The second kappa shape index (κ2) is 12.3. The summed E-state index contributed by atoms with van der Waals surface area (Å²) in [7, 11) is -2.39. The number of anilines is 1. The van der Waals surface area contributed by atoms with Gasteiger partial charge >= 0.3 is 0 Å². The van der Waals surface area contributed by atoms with Crippen molar-refractivity contribution in [3.05, 3.63) is 58.6 Å². The first kappa shape index (κ1) is 28.5. The van der Waals surface area contributed by atoms with E-state index in [-0.39, 0.29) is 29.2 Å². The van der Waals surface area contributed by atoms with Crippen molar-refractivity contribution in [2.24, 2.45) is 0 Å². The van der Waals surface area contributed by atoms with E-state index in [4.69, 9.17) is 16.3 Å². The van der Waals surface area contributed by atoms with Crippen LogP contribution >= 0.6 is 11.6 Å². The fourth-order valence-corrected chi connectivity index (χ4v) is 4.57. The molecule has 0 heterocycles. The lowest BCUT2D eigenvalue weighted by atomic mass is 10.1. The number of ether oxygens (including phenoxy) is 1. The average Bonchev–Trinajstić information content (AvgIpc) is 2.79. The number of carbonyl (C=O) groups excluding carboxylic acids is 2. The fourth-order valence-electron chi connectivity index (χ4n) is 3.48. The van der Waals surface area contributed by atoms with Gasteiger partial charge in [0.1, 0.15) is 18.3 Å². The zero-order chi connectivity index (χ0) is 26.3. The van der Waals surface area contributed by atoms with Gasteiger partial charge in [0, 0.05) is 12.6 Å². The number of rotatable bonds is 11. The van der Waals surface area contributed by atoms with E-state index in [0.29, 0.717) is 5.75 Å². The molecule has 2 atom stereocenters. The largest absolute Gasteiger partial charge is 0.495 e. The number of amides is 2. The van der Waals surface area contributed by atoms with Gasteiger partial charge in [-0.3, -0.25) is 13.9 Å². The monoisotopic (exact) mass is 523 g/mol. The molecule has 1 N–H and O–H groups in total. The third-order valence-electron chi connectivity index (χ3n) is 5.71. The van der Waals surface area contributed by atoms with Crippen molar-refractivity contribution in [3.63, 3.8) is 0 Å². The van der Waals surface area contributed by atoms with E-state index in [1.54, 1.807) is 6.92 Å². The highest BCUT2D eigenvalue weighted by Gasteiger charge is 2.30. The van der Waals surface area contributed by atoms with E-state index < -0.39 is 28.5 Å². The van der Waals surface area contributed by atoms with Crippen LogP contribution in [-0.2, 0) is 26.2 Å². The Morgan fingerprint density at radius 1 is 1.14 bits per heavy atom. The molecule has 0 aliphatic carbocycles. The quantitative estimate of drug-likeness (QED) is 0.484. The number of nitrogens with zero attached hydrogens (tertiary/aromatic N) is 2. The first-order valence-electron chi connectivity index (χ1n) is 11.3. The Balaban J connectivity index is 2.41. The van der Waals surface area contributed by atoms with Gasteiger partial charge in [-0.05, 0) is 51.0 Å². The lowest BCUT2D eigenvalue weighted by molar-refractivity contribution is -0.139. The van der Waals surface area contributed by atoms with Crippen molar-refractivity contribution in [2.45, 2.75) is 52.7 Å². The Hall–Kier alpha value is -2.78. The molecule has 2 aromatic rings. The highest BCUT2D eigenvalue weighted by Crippen LogP contribution is 2.30. The Kier molecular flexibility index (Phi) is 9.97. The van der Waals surface area contributed by atoms with Crippen LogP contribution in [0, 0.1) is 6.92 Å². The molecule has 0 saturated heterocycles. The van der Waals surface area contributed by atoms with Gasteiger partial charge in [0.2, 0.25) is 21.8 Å². The zero-order valence-electron chi connectivity index (χ0n) is 21.0. The fraction of sp³-hybridized carbons (Fsp3) is 0.440. The van der Waals surface area contributed by atoms with Gasteiger partial charge in [-0.2, -0.15) is 0 Å². The molecule has 0 aliphatic heterocycles. The topological polar surface area (TPSA) is 96.0 Å². The Morgan fingerprint density at radius 3 is 2.37 bits per heavy atom. The standard InChI is InChI=1S/C25H34ClN3O5S/c1-7-18(3)27-25(31)19(4)28(15-20-10-8-9-17(2)13-20)24(30)16-29(35(6,32)33)21-11-12-23(34-5)22(26)14-21/h8-14,18-19H,7,15-16H2,1-6H3,(H,27,31)/t18-,19-/m0/s1. The number of aryl methyl sites for hydroxylation is 1. The second-order valence-electron chi connectivity index (χ2n) is 8.59. The maximum Gasteiger partial charge on any atom is 0.244 e. The predicted octanol–water partition coefficient (Wildman–Crippen LogP) is 3.76. The number of methoxy groups -OCH3 is 1. The third kappa shape index (κ3) is 7.86. The van der Waals surface area contributed by atoms with E-state index in [1.165, 1.54) is 30.2 Å². The van der Waals surface area contributed by atoms with Crippen molar-refractivity contribution in [2.75, 3.05) is 24.2 Å². The first-order chi connectivity index (χ1) is 16.4. The maximum atomic E-state index is 13.6. The summed E-state index contributed by atoms with van der Waals surface area (Å²) in [6.45, 7) is 7.07. The number of benzene rings is 2. The molecule has 2 aromatic carbocycles. The summed E-state index contributed by atoms with van der Waals surface area (Å²) < 4.78 is 31.4. The molecule has 10 heteroatoms. The Bertz CT molecular complexity index is 1160. The van der Waals surface area contributed by atoms with Crippen LogP contribution < -0.4 is 14.4 Å². The minimum atomic E-state index is -3.85. The van der Waals surface area contributed by atoms with Crippen LogP contribution in [0.3, 0.4) is 0 Å². The molecule has 0 saturated carbocycles. The number of hydrogen-bond donors (Lipinski definition) is 1. The number of sulfonamides is 1.